The molecule has 174 valence electrons. The van der Waals surface area contributed by atoms with E-state index >= 15 is 0 Å². The van der Waals surface area contributed by atoms with Gasteiger partial charge in [-0.2, -0.15) is 0 Å². The molecule has 7 nitrogen and oxygen atoms in total. The highest BCUT2D eigenvalue weighted by Crippen LogP contribution is 2.20. The topological polar surface area (TPSA) is 82.4 Å². The molecule has 0 saturated heterocycles. The fourth-order valence-electron chi connectivity index (χ4n) is 3.38. The van der Waals surface area contributed by atoms with Crippen LogP contribution in [-0.2, 0) is 23.1 Å². The molecule has 3 rings (SSSR count). The first-order valence-corrected chi connectivity index (χ1v) is 14.3. The molecule has 1 unspecified atom stereocenters. The molecule has 3 aromatic rings. The Bertz CT molecular complexity index is 1090. The van der Waals surface area contributed by atoms with Crippen molar-refractivity contribution in [2.75, 3.05) is 13.7 Å². The Morgan fingerprint density at radius 1 is 1.03 bits per heavy atom. The van der Waals surface area contributed by atoms with Crippen LogP contribution in [0.1, 0.15) is 17.2 Å². The van der Waals surface area contributed by atoms with Gasteiger partial charge in [0.25, 0.3) is 5.91 Å². The van der Waals surface area contributed by atoms with Gasteiger partial charge in [-0.1, -0.05) is 61.2 Å². The molecule has 33 heavy (non-hydrogen) atoms. The lowest BCUT2D eigenvalue weighted by molar-refractivity contribution is -0.129. The normalized spacial score (nSPS) is 12.2. The van der Waals surface area contributed by atoms with Crippen molar-refractivity contribution in [2.24, 2.45) is 7.05 Å². The molecule has 0 saturated carbocycles. The number of carbonyl (C=O) groups excluding carboxylic acids is 2. The highest BCUT2D eigenvalue weighted by atomic mass is 28.3. The van der Waals surface area contributed by atoms with Gasteiger partial charge in [0.1, 0.15) is 11.8 Å². The number of amides is 1. The summed E-state index contributed by atoms with van der Waals surface area (Å²) in [5.41, 5.74) is 1.60. The first-order chi connectivity index (χ1) is 15.7. The summed E-state index contributed by atoms with van der Waals surface area (Å²) in [6.45, 7) is 6.63. The molecule has 1 N–H and O–H groups in total. The average molecular weight is 466 g/mol. The average Bonchev–Trinajstić information content (AvgIpc) is 3.21. The first kappa shape index (κ1) is 24.3. The number of ether oxygens (including phenoxy) is 2. The van der Waals surface area contributed by atoms with Gasteiger partial charge in [-0.15, -0.1) is 5.10 Å². The number of nitrogens with zero attached hydrogens (tertiary/aromatic N) is 2. The number of aromatic nitrogens is 2. The summed E-state index contributed by atoms with van der Waals surface area (Å²) >= 11 is 0. The second-order valence-electron chi connectivity index (χ2n) is 8.98. The fraction of sp³-hybridized carbons (Fsp3) is 0.320. The molecule has 0 bridgehead atoms. The van der Waals surface area contributed by atoms with E-state index in [1.807, 2.05) is 12.1 Å². The molecule has 0 aliphatic heterocycles. The third-order valence-corrected chi connectivity index (χ3v) is 7.38. The molecule has 1 amide bonds. The Morgan fingerprint density at radius 3 is 2.24 bits per heavy atom. The Labute approximate surface area is 195 Å². The number of Topliss-reactive ketones (excluding diaryl/α,β-unsaturated/α-hetero) is 1. The second kappa shape index (κ2) is 10.5. The summed E-state index contributed by atoms with van der Waals surface area (Å²) in [4.78, 5) is 25.9. The van der Waals surface area contributed by atoms with Gasteiger partial charge in [0, 0.05) is 25.7 Å². The van der Waals surface area contributed by atoms with Crippen LogP contribution in [0, 0.1) is 0 Å². The van der Waals surface area contributed by atoms with Crippen LogP contribution in [0.25, 0.3) is 0 Å². The van der Waals surface area contributed by atoms with E-state index in [2.05, 4.69) is 42.2 Å². The SMILES string of the molecule is COc1ccc(C(NC(=O)COc2ccn(C)n2)C(=O)Cc2ccc([Si](C)(C)C)cc2)cc1. The molecule has 1 heterocycles. The van der Waals surface area contributed by atoms with E-state index in [0.29, 0.717) is 17.2 Å². The third kappa shape index (κ3) is 6.79. The van der Waals surface area contributed by atoms with Gasteiger partial charge in [-0.3, -0.25) is 14.3 Å². The van der Waals surface area contributed by atoms with E-state index in [9.17, 15) is 9.59 Å². The molecule has 0 radical (unpaired) electrons. The van der Waals surface area contributed by atoms with Crippen LogP contribution in [0.2, 0.25) is 19.6 Å². The lowest BCUT2D eigenvalue weighted by Gasteiger charge is -2.20. The molecule has 2 aromatic carbocycles. The zero-order chi connectivity index (χ0) is 24.0. The van der Waals surface area contributed by atoms with Crippen LogP contribution in [0.5, 0.6) is 11.6 Å². The molecule has 8 heteroatoms. The molecule has 0 aliphatic rings. The number of ketones is 1. The summed E-state index contributed by atoms with van der Waals surface area (Å²) in [6, 6.07) is 16.2. The van der Waals surface area contributed by atoms with E-state index in [0.717, 1.165) is 5.56 Å². The predicted octanol–water partition coefficient (Wildman–Crippen LogP) is 3.02. The molecule has 1 atom stereocenters. The largest absolute Gasteiger partial charge is 0.497 e. The van der Waals surface area contributed by atoms with Crippen molar-refractivity contribution in [3.8, 4) is 11.6 Å². The van der Waals surface area contributed by atoms with Crippen molar-refractivity contribution in [1.82, 2.24) is 15.1 Å². The smallest absolute Gasteiger partial charge is 0.258 e. The zero-order valence-corrected chi connectivity index (χ0v) is 20.8. The maximum Gasteiger partial charge on any atom is 0.258 e. The Morgan fingerprint density at radius 2 is 1.70 bits per heavy atom. The van der Waals surface area contributed by atoms with E-state index in [1.54, 1.807) is 55.4 Å². The van der Waals surface area contributed by atoms with Gasteiger partial charge in [0.15, 0.2) is 12.4 Å². The molecule has 0 spiro atoms. The van der Waals surface area contributed by atoms with Crippen molar-refractivity contribution in [1.29, 1.82) is 0 Å². The minimum atomic E-state index is -1.41. The van der Waals surface area contributed by atoms with E-state index in [4.69, 9.17) is 9.47 Å². The number of methoxy groups -OCH3 is 1. The van der Waals surface area contributed by atoms with Gasteiger partial charge in [0.2, 0.25) is 5.88 Å². The first-order valence-electron chi connectivity index (χ1n) is 10.8. The highest BCUT2D eigenvalue weighted by molar-refractivity contribution is 6.88. The summed E-state index contributed by atoms with van der Waals surface area (Å²) in [6.07, 6.45) is 1.94. The van der Waals surface area contributed by atoms with Crippen molar-refractivity contribution in [2.45, 2.75) is 32.1 Å². The van der Waals surface area contributed by atoms with E-state index in [1.165, 1.54) is 5.19 Å². The van der Waals surface area contributed by atoms with Crippen LogP contribution >= 0.6 is 0 Å². The van der Waals surface area contributed by atoms with Crippen LogP contribution in [0.3, 0.4) is 0 Å². The van der Waals surface area contributed by atoms with Gasteiger partial charge in [-0.05, 0) is 23.3 Å². The van der Waals surface area contributed by atoms with Crippen molar-refractivity contribution in [3.05, 3.63) is 71.9 Å². The van der Waals surface area contributed by atoms with Gasteiger partial charge >= 0.3 is 0 Å². The van der Waals surface area contributed by atoms with Crippen LogP contribution < -0.4 is 20.0 Å². The summed E-state index contributed by atoms with van der Waals surface area (Å²) in [7, 11) is 1.94. The number of hydrogen-bond acceptors (Lipinski definition) is 5. The highest BCUT2D eigenvalue weighted by Gasteiger charge is 2.24. The number of carbonyl (C=O) groups is 2. The van der Waals surface area contributed by atoms with Gasteiger partial charge in [0.05, 0.1) is 15.2 Å². The number of aryl methyl sites for hydroxylation is 1. The maximum atomic E-state index is 13.3. The number of benzene rings is 2. The Kier molecular flexibility index (Phi) is 7.70. The Hall–Kier alpha value is -3.39. The second-order valence-corrected chi connectivity index (χ2v) is 14.1. The summed E-state index contributed by atoms with van der Waals surface area (Å²) in [5, 5.41) is 8.25. The van der Waals surface area contributed by atoms with Crippen LogP contribution in [0.4, 0.5) is 0 Å². The Balaban J connectivity index is 1.73. The summed E-state index contributed by atoms with van der Waals surface area (Å²) in [5.74, 6) is 0.523. The third-order valence-electron chi connectivity index (χ3n) is 5.32. The van der Waals surface area contributed by atoms with Crippen LogP contribution in [-0.4, -0.2) is 43.3 Å². The lowest BCUT2D eigenvalue weighted by Crippen LogP contribution is -2.38. The number of rotatable bonds is 10. The van der Waals surface area contributed by atoms with Gasteiger partial charge < -0.3 is 14.8 Å². The number of hydrogen-bond donors (Lipinski definition) is 1. The number of nitrogens with one attached hydrogen (secondary N) is 1. The quantitative estimate of drug-likeness (QED) is 0.466. The molecule has 0 fully saturated rings. The van der Waals surface area contributed by atoms with E-state index in [-0.39, 0.29) is 18.8 Å². The van der Waals surface area contributed by atoms with Crippen molar-refractivity contribution >= 4 is 25.0 Å². The predicted molar refractivity (Wildman–Crippen MR) is 131 cm³/mol. The monoisotopic (exact) mass is 465 g/mol. The summed E-state index contributed by atoms with van der Waals surface area (Å²) < 4.78 is 12.2. The fourth-order valence-corrected chi connectivity index (χ4v) is 4.55. The lowest BCUT2D eigenvalue weighted by atomic mass is 9.97. The minimum Gasteiger partial charge on any atom is -0.497 e. The minimum absolute atomic E-state index is 0.105. The molecule has 1 aromatic heterocycles. The zero-order valence-electron chi connectivity index (χ0n) is 19.8. The van der Waals surface area contributed by atoms with Crippen molar-refractivity contribution in [3.63, 3.8) is 0 Å². The van der Waals surface area contributed by atoms with Crippen LogP contribution in [0.15, 0.2) is 60.8 Å². The van der Waals surface area contributed by atoms with E-state index < -0.39 is 20.0 Å². The molecular weight excluding hydrogens is 434 g/mol. The standard InChI is InChI=1S/C25H31N3O4Si/c1-28-15-14-24(27-28)32-17-23(30)26-25(19-8-10-20(31-2)11-9-19)22(29)16-18-6-12-21(13-7-18)33(3,4)5/h6-15,25H,16-17H2,1-5H3,(H,26,30). The molecular formula is C25H31N3O4Si. The van der Waals surface area contributed by atoms with Crippen molar-refractivity contribution < 1.29 is 19.1 Å². The molecule has 0 aliphatic carbocycles. The maximum absolute atomic E-state index is 13.3. The van der Waals surface area contributed by atoms with Gasteiger partial charge in [-0.25, -0.2) is 0 Å².